The summed E-state index contributed by atoms with van der Waals surface area (Å²) in [5.41, 5.74) is 0.905. The van der Waals surface area contributed by atoms with E-state index in [1.807, 2.05) is 42.5 Å². The van der Waals surface area contributed by atoms with Crippen LogP contribution in [-0.4, -0.2) is 10.2 Å². The van der Waals surface area contributed by atoms with Gasteiger partial charge in [0.25, 0.3) is 0 Å². The Labute approximate surface area is 104 Å². The molecule has 0 bridgehead atoms. The van der Waals surface area contributed by atoms with Gasteiger partial charge in [0.2, 0.25) is 11.8 Å². The Morgan fingerprint density at radius 1 is 0.889 bits per heavy atom. The Kier molecular flexibility index (Phi) is 2.75. The molecule has 0 aliphatic rings. The van der Waals surface area contributed by atoms with Crippen LogP contribution in [0, 0.1) is 0 Å². The summed E-state index contributed by atoms with van der Waals surface area (Å²) < 4.78 is 10.7. The van der Waals surface area contributed by atoms with E-state index in [0.29, 0.717) is 11.8 Å². The van der Waals surface area contributed by atoms with Crippen LogP contribution in [0.25, 0.3) is 23.6 Å². The molecule has 1 aromatic carbocycles. The fraction of sp³-hybridized carbons (Fsp3) is 0. The first-order valence-corrected chi connectivity index (χ1v) is 5.52. The highest BCUT2D eigenvalue weighted by molar-refractivity contribution is 5.63. The Morgan fingerprint density at radius 3 is 2.56 bits per heavy atom. The van der Waals surface area contributed by atoms with Crippen molar-refractivity contribution in [2.24, 2.45) is 0 Å². The lowest BCUT2D eigenvalue weighted by Gasteiger charge is -1.90. The second-order valence-corrected chi connectivity index (χ2v) is 3.66. The average Bonchev–Trinajstić information content (AvgIpc) is 3.09. The van der Waals surface area contributed by atoms with E-state index >= 15 is 0 Å². The molecule has 88 valence electrons. The highest BCUT2D eigenvalue weighted by Crippen LogP contribution is 2.17. The van der Waals surface area contributed by atoms with Crippen LogP contribution in [0.4, 0.5) is 0 Å². The van der Waals surface area contributed by atoms with E-state index in [1.54, 1.807) is 18.4 Å². The van der Waals surface area contributed by atoms with Gasteiger partial charge in [0.1, 0.15) is 5.76 Å². The van der Waals surface area contributed by atoms with E-state index in [4.69, 9.17) is 8.83 Å². The van der Waals surface area contributed by atoms with Crippen molar-refractivity contribution >= 4 is 12.2 Å². The second kappa shape index (κ2) is 4.71. The maximum atomic E-state index is 5.52. The molecule has 0 radical (unpaired) electrons. The van der Waals surface area contributed by atoms with Crippen LogP contribution in [0.2, 0.25) is 0 Å². The van der Waals surface area contributed by atoms with Gasteiger partial charge in [-0.2, -0.15) is 0 Å². The average molecular weight is 238 g/mol. The van der Waals surface area contributed by atoms with Crippen LogP contribution < -0.4 is 0 Å². The molecule has 0 amide bonds. The Hall–Kier alpha value is -2.62. The third kappa shape index (κ3) is 2.22. The molecule has 2 heterocycles. The largest absolute Gasteiger partial charge is 0.465 e. The summed E-state index contributed by atoms with van der Waals surface area (Å²) in [7, 11) is 0. The van der Waals surface area contributed by atoms with E-state index < -0.39 is 0 Å². The summed E-state index contributed by atoms with van der Waals surface area (Å²) >= 11 is 0. The topological polar surface area (TPSA) is 52.1 Å². The predicted molar refractivity (Wildman–Crippen MR) is 67.4 cm³/mol. The zero-order valence-corrected chi connectivity index (χ0v) is 9.48. The summed E-state index contributed by atoms with van der Waals surface area (Å²) in [5.74, 6) is 1.70. The highest BCUT2D eigenvalue weighted by atomic mass is 16.4. The van der Waals surface area contributed by atoms with Gasteiger partial charge in [0.15, 0.2) is 0 Å². The van der Waals surface area contributed by atoms with Crippen molar-refractivity contribution in [3.05, 3.63) is 60.4 Å². The van der Waals surface area contributed by atoms with Crippen molar-refractivity contribution < 1.29 is 8.83 Å². The van der Waals surface area contributed by atoms with Crippen molar-refractivity contribution in [2.75, 3.05) is 0 Å². The molecule has 2 aromatic heterocycles. The Morgan fingerprint density at radius 2 is 1.78 bits per heavy atom. The molecule has 3 aromatic rings. The van der Waals surface area contributed by atoms with Crippen LogP contribution in [0.3, 0.4) is 0 Å². The molecular formula is C14H10N2O2. The minimum absolute atomic E-state index is 0.449. The van der Waals surface area contributed by atoms with Gasteiger partial charge in [0.05, 0.1) is 6.26 Å². The number of furan rings is 1. The maximum absolute atomic E-state index is 5.52. The normalized spacial score (nSPS) is 11.1. The summed E-state index contributed by atoms with van der Waals surface area (Å²) in [6.07, 6.45) is 5.11. The molecule has 0 fully saturated rings. The first kappa shape index (κ1) is 10.5. The van der Waals surface area contributed by atoms with Crippen molar-refractivity contribution in [1.82, 2.24) is 10.2 Å². The standard InChI is InChI=1S/C14H10N2O2/c1-2-5-11(6-3-1)14-16-15-13(18-14)9-8-12-7-4-10-17-12/h1-10H/b9-8+. The summed E-state index contributed by atoms with van der Waals surface area (Å²) in [4.78, 5) is 0. The fourth-order valence-corrected chi connectivity index (χ4v) is 1.54. The zero-order valence-electron chi connectivity index (χ0n) is 9.48. The van der Waals surface area contributed by atoms with Crippen LogP contribution in [0.15, 0.2) is 57.6 Å². The molecule has 0 saturated heterocycles. The van der Waals surface area contributed by atoms with Crippen LogP contribution in [0.1, 0.15) is 11.7 Å². The van der Waals surface area contributed by atoms with E-state index in [1.165, 1.54) is 0 Å². The lowest BCUT2D eigenvalue weighted by molar-refractivity contribution is 0.552. The molecule has 0 atom stereocenters. The molecule has 0 saturated carbocycles. The first-order chi connectivity index (χ1) is 8.92. The third-order valence-electron chi connectivity index (χ3n) is 2.39. The van der Waals surface area contributed by atoms with Crippen molar-refractivity contribution in [2.45, 2.75) is 0 Å². The predicted octanol–water partition coefficient (Wildman–Crippen LogP) is 3.50. The molecule has 0 unspecified atom stereocenters. The van der Waals surface area contributed by atoms with E-state index in [9.17, 15) is 0 Å². The number of aromatic nitrogens is 2. The van der Waals surface area contributed by atoms with Gasteiger partial charge >= 0.3 is 0 Å². The molecule has 0 spiro atoms. The summed E-state index contributed by atoms with van der Waals surface area (Å²) in [5, 5.41) is 7.93. The molecule has 0 aliphatic carbocycles. The van der Waals surface area contributed by atoms with Gasteiger partial charge in [-0.25, -0.2) is 0 Å². The van der Waals surface area contributed by atoms with Crippen molar-refractivity contribution in [3.63, 3.8) is 0 Å². The number of hydrogen-bond donors (Lipinski definition) is 0. The van der Waals surface area contributed by atoms with Gasteiger partial charge in [-0.05, 0) is 30.3 Å². The number of hydrogen-bond acceptors (Lipinski definition) is 4. The quantitative estimate of drug-likeness (QED) is 0.700. The van der Waals surface area contributed by atoms with Crippen molar-refractivity contribution in [1.29, 1.82) is 0 Å². The summed E-state index contributed by atoms with van der Waals surface area (Å²) in [6, 6.07) is 13.3. The van der Waals surface area contributed by atoms with Gasteiger partial charge in [-0.1, -0.05) is 18.2 Å². The summed E-state index contributed by atoms with van der Waals surface area (Å²) in [6.45, 7) is 0. The number of nitrogens with zero attached hydrogens (tertiary/aromatic N) is 2. The van der Waals surface area contributed by atoms with Crippen LogP contribution in [0.5, 0.6) is 0 Å². The van der Waals surface area contributed by atoms with Gasteiger partial charge in [-0.3, -0.25) is 0 Å². The zero-order chi connectivity index (χ0) is 12.2. The van der Waals surface area contributed by atoms with Gasteiger partial charge in [0, 0.05) is 11.6 Å². The van der Waals surface area contributed by atoms with E-state index in [2.05, 4.69) is 10.2 Å². The lowest BCUT2D eigenvalue weighted by Crippen LogP contribution is -1.75. The molecule has 4 nitrogen and oxygen atoms in total. The minimum atomic E-state index is 0.449. The monoisotopic (exact) mass is 238 g/mol. The molecule has 4 heteroatoms. The number of rotatable bonds is 3. The molecule has 3 rings (SSSR count). The molecular weight excluding hydrogens is 228 g/mol. The number of benzene rings is 1. The Bertz CT molecular complexity index is 640. The molecule has 0 aliphatic heterocycles. The Balaban J connectivity index is 1.82. The SMILES string of the molecule is C(=C\c1nnc(-c2ccccc2)o1)/c1ccco1. The van der Waals surface area contributed by atoms with Gasteiger partial charge < -0.3 is 8.83 Å². The second-order valence-electron chi connectivity index (χ2n) is 3.66. The van der Waals surface area contributed by atoms with Crippen LogP contribution in [-0.2, 0) is 0 Å². The minimum Gasteiger partial charge on any atom is -0.465 e. The van der Waals surface area contributed by atoms with Crippen LogP contribution >= 0.6 is 0 Å². The molecule has 18 heavy (non-hydrogen) atoms. The fourth-order valence-electron chi connectivity index (χ4n) is 1.54. The first-order valence-electron chi connectivity index (χ1n) is 5.52. The smallest absolute Gasteiger partial charge is 0.248 e. The van der Waals surface area contributed by atoms with E-state index in [0.717, 1.165) is 11.3 Å². The third-order valence-corrected chi connectivity index (χ3v) is 2.39. The maximum Gasteiger partial charge on any atom is 0.248 e. The van der Waals surface area contributed by atoms with E-state index in [-0.39, 0.29) is 0 Å². The van der Waals surface area contributed by atoms with Crippen molar-refractivity contribution in [3.8, 4) is 11.5 Å². The molecule has 0 N–H and O–H groups in total. The lowest BCUT2D eigenvalue weighted by atomic mass is 10.2. The van der Waals surface area contributed by atoms with Gasteiger partial charge in [-0.15, -0.1) is 10.2 Å². The highest BCUT2D eigenvalue weighted by Gasteiger charge is 2.05.